The Balaban J connectivity index is 3.30. The topological polar surface area (TPSA) is 57.5 Å². The molecule has 0 saturated carbocycles. The fraction of sp³-hybridized carbons (Fsp3) is 0.500. The van der Waals surface area contributed by atoms with E-state index in [2.05, 4.69) is 0 Å². The minimum Gasteiger partial charge on any atom is -0.481 e. The zero-order valence-electron chi connectivity index (χ0n) is 4.87. The van der Waals surface area contributed by atoms with Crippen LogP contribution in [0, 0.1) is 12.3 Å². The first kappa shape index (κ1) is 7.99. The van der Waals surface area contributed by atoms with Crippen LogP contribution < -0.4 is 0 Å². The lowest BCUT2D eigenvalue weighted by atomic mass is 10.2. The molecule has 0 aromatic rings. The molecule has 1 atom stereocenters. The minimum atomic E-state index is -0.940. The molecule has 0 fully saturated rings. The van der Waals surface area contributed by atoms with Gasteiger partial charge in [0, 0.05) is 6.42 Å². The fourth-order valence-corrected chi connectivity index (χ4v) is 0.344. The van der Waals surface area contributed by atoms with Gasteiger partial charge in [-0.05, 0) is 6.42 Å². The number of carbonyl (C=O) groups is 1. The van der Waals surface area contributed by atoms with Gasteiger partial charge in [-0.15, -0.1) is 6.42 Å². The van der Waals surface area contributed by atoms with Crippen molar-refractivity contribution in [3.63, 3.8) is 0 Å². The maximum Gasteiger partial charge on any atom is 0.303 e. The van der Waals surface area contributed by atoms with Crippen LogP contribution in [-0.2, 0) is 4.79 Å². The highest BCUT2D eigenvalue weighted by molar-refractivity contribution is 5.66. The van der Waals surface area contributed by atoms with Gasteiger partial charge in [0.2, 0.25) is 0 Å². The maximum absolute atomic E-state index is 9.84. The SMILES string of the molecule is C#CC(O)CCC(=O)O. The molecular formula is C6H8O3. The van der Waals surface area contributed by atoms with Crippen LogP contribution in [0.25, 0.3) is 0 Å². The number of carboxylic acids is 1. The van der Waals surface area contributed by atoms with Crippen molar-refractivity contribution in [2.45, 2.75) is 18.9 Å². The summed E-state index contributed by atoms with van der Waals surface area (Å²) in [6, 6.07) is 0. The molecule has 0 rings (SSSR count). The molecule has 9 heavy (non-hydrogen) atoms. The summed E-state index contributed by atoms with van der Waals surface area (Å²) in [4.78, 5) is 9.84. The smallest absolute Gasteiger partial charge is 0.303 e. The zero-order valence-corrected chi connectivity index (χ0v) is 4.87. The van der Waals surface area contributed by atoms with E-state index < -0.39 is 12.1 Å². The molecule has 0 aromatic heterocycles. The van der Waals surface area contributed by atoms with Crippen LogP contribution in [0.1, 0.15) is 12.8 Å². The fourth-order valence-electron chi connectivity index (χ4n) is 0.344. The summed E-state index contributed by atoms with van der Waals surface area (Å²) < 4.78 is 0. The Hall–Kier alpha value is -1.01. The number of hydrogen-bond donors (Lipinski definition) is 2. The summed E-state index contributed by atoms with van der Waals surface area (Å²) in [7, 11) is 0. The number of hydrogen-bond acceptors (Lipinski definition) is 2. The van der Waals surface area contributed by atoms with Crippen molar-refractivity contribution in [3.8, 4) is 12.3 Å². The van der Waals surface area contributed by atoms with Gasteiger partial charge in [-0.2, -0.15) is 0 Å². The lowest BCUT2D eigenvalue weighted by Gasteiger charge is -1.96. The molecule has 0 radical (unpaired) electrons. The van der Waals surface area contributed by atoms with Gasteiger partial charge in [0.05, 0.1) is 0 Å². The van der Waals surface area contributed by atoms with Gasteiger partial charge in [-0.1, -0.05) is 5.92 Å². The molecule has 0 heterocycles. The van der Waals surface area contributed by atoms with E-state index in [-0.39, 0.29) is 12.8 Å². The second-order valence-electron chi connectivity index (χ2n) is 1.61. The quantitative estimate of drug-likeness (QED) is 0.519. The monoisotopic (exact) mass is 128 g/mol. The highest BCUT2D eigenvalue weighted by Gasteiger charge is 2.01. The van der Waals surface area contributed by atoms with Gasteiger partial charge in [-0.25, -0.2) is 0 Å². The van der Waals surface area contributed by atoms with E-state index in [1.165, 1.54) is 0 Å². The minimum absolute atomic E-state index is 0.0780. The third-order valence-electron chi connectivity index (χ3n) is 0.824. The molecule has 0 spiro atoms. The first-order chi connectivity index (χ1) is 4.16. The van der Waals surface area contributed by atoms with Crippen molar-refractivity contribution < 1.29 is 15.0 Å². The predicted octanol–water partition coefficient (Wildman–Crippen LogP) is -0.155. The predicted molar refractivity (Wildman–Crippen MR) is 31.7 cm³/mol. The Kier molecular flexibility index (Phi) is 3.49. The second-order valence-corrected chi connectivity index (χ2v) is 1.61. The second kappa shape index (κ2) is 3.93. The average Bonchev–Trinajstić information content (AvgIpc) is 1.83. The van der Waals surface area contributed by atoms with Crippen LogP contribution in [0.3, 0.4) is 0 Å². The van der Waals surface area contributed by atoms with Crippen LogP contribution in [-0.4, -0.2) is 22.3 Å². The van der Waals surface area contributed by atoms with Gasteiger partial charge in [0.15, 0.2) is 0 Å². The Morgan fingerprint density at radius 2 is 2.33 bits per heavy atom. The summed E-state index contributed by atoms with van der Waals surface area (Å²) >= 11 is 0. The average molecular weight is 128 g/mol. The standard InChI is InChI=1S/C6H8O3/c1-2-5(7)3-4-6(8)9/h1,5,7H,3-4H2,(H,8,9). The van der Waals surface area contributed by atoms with Crippen LogP contribution >= 0.6 is 0 Å². The van der Waals surface area contributed by atoms with E-state index in [0.29, 0.717) is 0 Å². The zero-order chi connectivity index (χ0) is 7.28. The molecular weight excluding hydrogens is 120 g/mol. The molecule has 1 unspecified atom stereocenters. The summed E-state index contributed by atoms with van der Waals surface area (Å²) in [5, 5.41) is 16.7. The van der Waals surface area contributed by atoms with Crippen molar-refractivity contribution in [1.82, 2.24) is 0 Å². The highest BCUT2D eigenvalue weighted by Crippen LogP contribution is 1.93. The number of terminal acetylenes is 1. The molecule has 0 saturated heterocycles. The van der Waals surface area contributed by atoms with E-state index in [9.17, 15) is 4.79 Å². The van der Waals surface area contributed by atoms with Crippen LogP contribution in [0.15, 0.2) is 0 Å². The molecule has 2 N–H and O–H groups in total. The van der Waals surface area contributed by atoms with Gasteiger partial charge in [-0.3, -0.25) is 4.79 Å². The third-order valence-corrected chi connectivity index (χ3v) is 0.824. The maximum atomic E-state index is 9.84. The van der Waals surface area contributed by atoms with Gasteiger partial charge >= 0.3 is 5.97 Å². The summed E-state index contributed by atoms with van der Waals surface area (Å²) in [6.07, 6.45) is 3.90. The molecule has 50 valence electrons. The van der Waals surface area contributed by atoms with Crippen molar-refractivity contribution in [3.05, 3.63) is 0 Å². The van der Waals surface area contributed by atoms with Gasteiger partial charge < -0.3 is 10.2 Å². The Morgan fingerprint density at radius 1 is 1.78 bits per heavy atom. The lowest BCUT2D eigenvalue weighted by molar-refractivity contribution is -0.137. The van der Waals surface area contributed by atoms with Crippen molar-refractivity contribution >= 4 is 5.97 Å². The van der Waals surface area contributed by atoms with Crippen molar-refractivity contribution in [2.24, 2.45) is 0 Å². The normalized spacial score (nSPS) is 12.0. The Morgan fingerprint density at radius 3 is 2.67 bits per heavy atom. The van der Waals surface area contributed by atoms with Crippen molar-refractivity contribution in [1.29, 1.82) is 0 Å². The molecule has 0 aliphatic heterocycles. The van der Waals surface area contributed by atoms with E-state index in [4.69, 9.17) is 16.6 Å². The molecule has 3 nitrogen and oxygen atoms in total. The van der Waals surface area contributed by atoms with Crippen LogP contribution in [0.4, 0.5) is 0 Å². The lowest BCUT2D eigenvalue weighted by Crippen LogP contribution is -2.05. The number of aliphatic hydroxyl groups excluding tert-OH is 1. The molecule has 0 amide bonds. The van der Waals surface area contributed by atoms with E-state index in [1.807, 2.05) is 5.92 Å². The molecule has 0 aliphatic carbocycles. The first-order valence-electron chi connectivity index (χ1n) is 2.53. The molecule has 0 aliphatic rings. The molecule has 0 aromatic carbocycles. The third kappa shape index (κ3) is 4.85. The number of rotatable bonds is 3. The Labute approximate surface area is 53.3 Å². The van der Waals surface area contributed by atoms with E-state index >= 15 is 0 Å². The van der Waals surface area contributed by atoms with Gasteiger partial charge in [0.1, 0.15) is 6.10 Å². The summed E-state index contributed by atoms with van der Waals surface area (Å²) in [5.74, 6) is 1.07. The van der Waals surface area contributed by atoms with E-state index in [0.717, 1.165) is 0 Å². The molecule has 0 bridgehead atoms. The highest BCUT2D eigenvalue weighted by atomic mass is 16.4. The van der Waals surface area contributed by atoms with Crippen molar-refractivity contribution in [2.75, 3.05) is 0 Å². The number of aliphatic hydroxyl groups is 1. The number of carboxylic acid groups (broad SMARTS) is 1. The Bertz CT molecular complexity index is 134. The van der Waals surface area contributed by atoms with Crippen LogP contribution in [0.2, 0.25) is 0 Å². The van der Waals surface area contributed by atoms with Crippen LogP contribution in [0.5, 0.6) is 0 Å². The summed E-state index contributed by atoms with van der Waals surface area (Å²) in [5.41, 5.74) is 0. The number of aliphatic carboxylic acids is 1. The van der Waals surface area contributed by atoms with E-state index in [1.54, 1.807) is 0 Å². The van der Waals surface area contributed by atoms with Gasteiger partial charge in [0.25, 0.3) is 0 Å². The largest absolute Gasteiger partial charge is 0.481 e. The molecule has 3 heteroatoms. The first-order valence-corrected chi connectivity index (χ1v) is 2.53. The summed E-state index contributed by atoms with van der Waals surface area (Å²) in [6.45, 7) is 0.